The molecule has 1 aliphatic heterocycles. The van der Waals surface area contributed by atoms with E-state index < -0.39 is 11.7 Å². The summed E-state index contributed by atoms with van der Waals surface area (Å²) >= 11 is 0. The summed E-state index contributed by atoms with van der Waals surface area (Å²) in [5.74, 6) is 0.0521. The van der Waals surface area contributed by atoms with Gasteiger partial charge in [-0.15, -0.1) is 0 Å². The summed E-state index contributed by atoms with van der Waals surface area (Å²) in [7, 11) is 0. The molecule has 1 saturated heterocycles. The van der Waals surface area contributed by atoms with Crippen LogP contribution < -0.4 is 5.32 Å². The standard InChI is InChI=1S/C29H32N2O3/c32-28(34-21-27-25-12-6-4-10-23(25)24-11-5-7-13-26(24)27)30-17-14-29(33)15-18-31(19-16-29)20-22-8-2-1-3-9-22/h1-13,27,33H,14-21H2,(H,30,32). The Hall–Kier alpha value is -3.15. The largest absolute Gasteiger partial charge is 0.449 e. The SMILES string of the molecule is O=C(NCCC1(O)CCN(Cc2ccccc2)CC1)OCC1c2ccccc2-c2ccccc21. The van der Waals surface area contributed by atoms with Crippen LogP contribution in [0.1, 0.15) is 41.9 Å². The Morgan fingerprint density at radius 1 is 0.912 bits per heavy atom. The normalized spacial score (nSPS) is 17.1. The van der Waals surface area contributed by atoms with Crippen molar-refractivity contribution in [3.05, 3.63) is 95.6 Å². The van der Waals surface area contributed by atoms with Crippen molar-refractivity contribution < 1.29 is 14.6 Å². The number of piperidine rings is 1. The molecule has 5 rings (SSSR count). The van der Waals surface area contributed by atoms with Gasteiger partial charge < -0.3 is 15.2 Å². The molecule has 176 valence electrons. The highest BCUT2D eigenvalue weighted by atomic mass is 16.5. The fourth-order valence-electron chi connectivity index (χ4n) is 5.27. The number of benzene rings is 3. The van der Waals surface area contributed by atoms with Crippen LogP contribution in [0.4, 0.5) is 4.79 Å². The van der Waals surface area contributed by atoms with E-state index >= 15 is 0 Å². The van der Waals surface area contributed by atoms with Crippen molar-refractivity contribution in [2.75, 3.05) is 26.2 Å². The van der Waals surface area contributed by atoms with Crippen molar-refractivity contribution in [1.82, 2.24) is 10.2 Å². The molecule has 2 aliphatic rings. The van der Waals surface area contributed by atoms with E-state index in [4.69, 9.17) is 4.74 Å². The third-order valence-electron chi connectivity index (χ3n) is 7.24. The molecule has 3 aromatic carbocycles. The first-order valence-electron chi connectivity index (χ1n) is 12.2. The van der Waals surface area contributed by atoms with E-state index in [1.54, 1.807) is 0 Å². The number of likely N-dealkylation sites (tertiary alicyclic amines) is 1. The summed E-state index contributed by atoms with van der Waals surface area (Å²) in [5, 5.41) is 13.8. The maximum atomic E-state index is 12.4. The van der Waals surface area contributed by atoms with Gasteiger partial charge in [0.15, 0.2) is 0 Å². The van der Waals surface area contributed by atoms with Gasteiger partial charge in [-0.05, 0) is 47.1 Å². The molecular formula is C29H32N2O3. The number of carbonyl (C=O) groups excluding carboxylic acids is 1. The van der Waals surface area contributed by atoms with Gasteiger partial charge in [0.25, 0.3) is 0 Å². The second kappa shape index (κ2) is 10.00. The quantitative estimate of drug-likeness (QED) is 0.529. The van der Waals surface area contributed by atoms with Gasteiger partial charge in [0.05, 0.1) is 5.60 Å². The number of amides is 1. The Kier molecular flexibility index (Phi) is 6.66. The summed E-state index contributed by atoms with van der Waals surface area (Å²) in [6.45, 7) is 3.34. The Balaban J connectivity index is 1.07. The van der Waals surface area contributed by atoms with Crippen LogP contribution in [0.25, 0.3) is 11.1 Å². The zero-order chi connectivity index (χ0) is 23.4. The van der Waals surface area contributed by atoms with Gasteiger partial charge in [-0.3, -0.25) is 4.90 Å². The van der Waals surface area contributed by atoms with Crippen LogP contribution in [-0.2, 0) is 11.3 Å². The van der Waals surface area contributed by atoms with Crippen molar-refractivity contribution >= 4 is 6.09 Å². The van der Waals surface area contributed by atoms with E-state index in [9.17, 15) is 9.90 Å². The third-order valence-corrected chi connectivity index (χ3v) is 7.24. The Bertz CT molecular complexity index is 1080. The Morgan fingerprint density at radius 2 is 1.50 bits per heavy atom. The minimum atomic E-state index is -0.732. The van der Waals surface area contributed by atoms with Crippen molar-refractivity contribution in [1.29, 1.82) is 0 Å². The average Bonchev–Trinajstić information content (AvgIpc) is 3.19. The van der Waals surface area contributed by atoms with Crippen molar-refractivity contribution in [2.45, 2.75) is 37.3 Å². The maximum absolute atomic E-state index is 12.4. The van der Waals surface area contributed by atoms with E-state index in [0.717, 1.165) is 19.6 Å². The number of carbonyl (C=O) groups is 1. The number of nitrogens with one attached hydrogen (secondary N) is 1. The monoisotopic (exact) mass is 456 g/mol. The smallest absolute Gasteiger partial charge is 0.407 e. The number of aliphatic hydroxyl groups is 1. The molecule has 1 amide bonds. The minimum Gasteiger partial charge on any atom is -0.449 e. The molecule has 1 heterocycles. The van der Waals surface area contributed by atoms with Gasteiger partial charge in [-0.1, -0.05) is 78.9 Å². The number of hydrogen-bond donors (Lipinski definition) is 2. The zero-order valence-corrected chi connectivity index (χ0v) is 19.5. The number of nitrogens with zero attached hydrogens (tertiary/aromatic N) is 1. The summed E-state index contributed by atoms with van der Waals surface area (Å²) in [6.07, 6.45) is 1.54. The summed E-state index contributed by atoms with van der Waals surface area (Å²) in [5.41, 5.74) is 5.40. The first-order chi connectivity index (χ1) is 16.6. The molecule has 3 aromatic rings. The van der Waals surface area contributed by atoms with Crippen LogP contribution >= 0.6 is 0 Å². The molecular weight excluding hydrogens is 424 g/mol. The van der Waals surface area contributed by atoms with Crippen LogP contribution in [0.2, 0.25) is 0 Å². The minimum absolute atomic E-state index is 0.0521. The molecule has 0 bridgehead atoms. The fourth-order valence-corrected chi connectivity index (χ4v) is 5.27. The average molecular weight is 457 g/mol. The van der Waals surface area contributed by atoms with E-state index in [2.05, 4.69) is 58.7 Å². The van der Waals surface area contributed by atoms with E-state index in [1.807, 2.05) is 30.3 Å². The maximum Gasteiger partial charge on any atom is 0.407 e. The first-order valence-corrected chi connectivity index (χ1v) is 12.2. The van der Waals surface area contributed by atoms with E-state index in [1.165, 1.54) is 27.8 Å². The highest BCUT2D eigenvalue weighted by molar-refractivity contribution is 5.79. The molecule has 34 heavy (non-hydrogen) atoms. The van der Waals surface area contributed by atoms with Crippen LogP contribution in [0.3, 0.4) is 0 Å². The van der Waals surface area contributed by atoms with Gasteiger partial charge in [-0.2, -0.15) is 0 Å². The van der Waals surface area contributed by atoms with Crippen LogP contribution in [0.15, 0.2) is 78.9 Å². The van der Waals surface area contributed by atoms with Gasteiger partial charge in [0.1, 0.15) is 6.61 Å². The van der Waals surface area contributed by atoms with Gasteiger partial charge >= 0.3 is 6.09 Å². The van der Waals surface area contributed by atoms with Crippen molar-refractivity contribution in [2.24, 2.45) is 0 Å². The Labute approximate surface area is 201 Å². The number of rotatable bonds is 7. The van der Waals surface area contributed by atoms with Gasteiger partial charge in [0.2, 0.25) is 0 Å². The van der Waals surface area contributed by atoms with Crippen LogP contribution in [-0.4, -0.2) is 47.9 Å². The molecule has 0 atom stereocenters. The molecule has 0 spiro atoms. The molecule has 0 aromatic heterocycles. The summed E-state index contributed by atoms with van der Waals surface area (Å²) in [4.78, 5) is 14.8. The number of alkyl carbamates (subject to hydrolysis) is 1. The molecule has 5 nitrogen and oxygen atoms in total. The highest BCUT2D eigenvalue weighted by Crippen LogP contribution is 2.44. The van der Waals surface area contributed by atoms with Crippen LogP contribution in [0, 0.1) is 0 Å². The fraction of sp³-hybridized carbons (Fsp3) is 0.345. The first kappa shape index (κ1) is 22.6. The Morgan fingerprint density at radius 3 is 2.15 bits per heavy atom. The second-order valence-corrected chi connectivity index (χ2v) is 9.49. The predicted molar refractivity (Wildman–Crippen MR) is 134 cm³/mol. The third kappa shape index (κ3) is 5.01. The van der Waals surface area contributed by atoms with Crippen molar-refractivity contribution in [3.8, 4) is 11.1 Å². The number of hydrogen-bond acceptors (Lipinski definition) is 4. The zero-order valence-electron chi connectivity index (χ0n) is 19.5. The lowest BCUT2D eigenvalue weighted by molar-refractivity contribution is -0.0286. The molecule has 2 N–H and O–H groups in total. The molecule has 1 aliphatic carbocycles. The molecule has 1 fully saturated rings. The summed E-state index contributed by atoms with van der Waals surface area (Å²) in [6, 6.07) is 27.1. The highest BCUT2D eigenvalue weighted by Gasteiger charge is 2.32. The second-order valence-electron chi connectivity index (χ2n) is 9.49. The molecule has 0 radical (unpaired) electrons. The molecule has 5 heteroatoms. The van der Waals surface area contributed by atoms with E-state index in [-0.39, 0.29) is 5.92 Å². The van der Waals surface area contributed by atoms with Gasteiger partial charge in [0, 0.05) is 32.1 Å². The lowest BCUT2D eigenvalue weighted by atomic mass is 9.88. The number of ether oxygens (including phenoxy) is 1. The lowest BCUT2D eigenvalue weighted by Gasteiger charge is -2.38. The number of fused-ring (bicyclic) bond motifs is 3. The molecule has 0 unspecified atom stereocenters. The van der Waals surface area contributed by atoms with E-state index in [0.29, 0.717) is 32.4 Å². The predicted octanol–water partition coefficient (Wildman–Crippen LogP) is 4.94. The topological polar surface area (TPSA) is 61.8 Å². The lowest BCUT2D eigenvalue weighted by Crippen LogP contribution is -2.45. The summed E-state index contributed by atoms with van der Waals surface area (Å²) < 4.78 is 5.61. The van der Waals surface area contributed by atoms with Crippen LogP contribution in [0.5, 0.6) is 0 Å². The molecule has 0 saturated carbocycles. The van der Waals surface area contributed by atoms with Gasteiger partial charge in [-0.25, -0.2) is 4.79 Å². The van der Waals surface area contributed by atoms with Crippen molar-refractivity contribution in [3.63, 3.8) is 0 Å².